The van der Waals surface area contributed by atoms with E-state index in [4.69, 9.17) is 0 Å². The van der Waals surface area contributed by atoms with E-state index in [9.17, 15) is 49.8 Å². The third kappa shape index (κ3) is 4.86. The molecule has 0 radical (unpaired) electrons. The molecular weight excluding hydrogens is 408 g/mol. The quantitative estimate of drug-likeness (QED) is 0.265. The van der Waals surface area contributed by atoms with E-state index in [1.54, 1.807) is 0 Å². The van der Waals surface area contributed by atoms with Gasteiger partial charge >= 0.3 is 23.9 Å². The number of carbonyl (C=O) groups excluding carboxylic acids is 2. The zero-order valence-electron chi connectivity index (χ0n) is 14.8. The zero-order chi connectivity index (χ0) is 22.6. The number of ether oxygens (including phenoxy) is 2. The molecule has 2 rings (SSSR count). The predicted octanol–water partition coefficient (Wildman–Crippen LogP) is 0.429. The smallest absolute Gasteiger partial charge is 0.349 e. The molecular formula is C18H14O12. The predicted molar refractivity (Wildman–Crippen MR) is 93.2 cm³/mol. The summed E-state index contributed by atoms with van der Waals surface area (Å²) in [5.41, 5.74) is -1.36. The first-order chi connectivity index (χ1) is 14.0. The van der Waals surface area contributed by atoms with Crippen molar-refractivity contribution >= 4 is 23.9 Å². The second kappa shape index (κ2) is 8.68. The topological polar surface area (TPSA) is 208 Å². The van der Waals surface area contributed by atoms with Crippen molar-refractivity contribution in [3.05, 3.63) is 47.5 Å². The molecule has 158 valence electrons. The van der Waals surface area contributed by atoms with Crippen LogP contribution in [0.1, 0.15) is 20.7 Å². The van der Waals surface area contributed by atoms with Crippen molar-refractivity contribution in [1.82, 2.24) is 0 Å². The normalized spacial score (nSPS) is 12.4. The molecule has 0 spiro atoms. The van der Waals surface area contributed by atoms with E-state index in [2.05, 4.69) is 9.47 Å². The summed E-state index contributed by atoms with van der Waals surface area (Å²) in [6, 6.07) is 5.32. The highest BCUT2D eigenvalue weighted by molar-refractivity contribution is 5.97. The number of hydrogen-bond donors (Lipinski definition) is 6. The van der Waals surface area contributed by atoms with Crippen LogP contribution in [0.5, 0.6) is 23.0 Å². The third-order valence-corrected chi connectivity index (χ3v) is 3.63. The van der Waals surface area contributed by atoms with E-state index >= 15 is 0 Å². The van der Waals surface area contributed by atoms with Crippen molar-refractivity contribution in [2.24, 2.45) is 0 Å². The Labute approximate surface area is 166 Å². The van der Waals surface area contributed by atoms with Gasteiger partial charge in [0.2, 0.25) is 12.2 Å². The molecule has 0 aliphatic carbocycles. The lowest BCUT2D eigenvalue weighted by atomic mass is 10.1. The Kier molecular flexibility index (Phi) is 6.32. The van der Waals surface area contributed by atoms with E-state index in [0.717, 1.165) is 36.4 Å². The highest BCUT2D eigenvalue weighted by Crippen LogP contribution is 2.26. The minimum Gasteiger partial charge on any atom is -0.508 e. The molecule has 0 heterocycles. The molecule has 0 bridgehead atoms. The minimum absolute atomic E-state index is 0.479. The SMILES string of the molecule is O=C(OC(C(=O)O)C(OC(=O)c1cc(O)ccc1O)C(=O)O)c1cc(O)ccc1O. The number of esters is 2. The summed E-state index contributed by atoms with van der Waals surface area (Å²) in [7, 11) is 0. The molecule has 12 heteroatoms. The van der Waals surface area contributed by atoms with Crippen LogP contribution in [-0.4, -0.2) is 66.7 Å². The number of hydrogen-bond acceptors (Lipinski definition) is 10. The average molecular weight is 422 g/mol. The van der Waals surface area contributed by atoms with Gasteiger partial charge in [0, 0.05) is 0 Å². The first kappa shape index (κ1) is 21.8. The van der Waals surface area contributed by atoms with Gasteiger partial charge < -0.3 is 40.1 Å². The largest absolute Gasteiger partial charge is 0.508 e. The highest BCUT2D eigenvalue weighted by Gasteiger charge is 2.41. The maximum absolute atomic E-state index is 12.2. The van der Waals surface area contributed by atoms with Crippen LogP contribution in [-0.2, 0) is 19.1 Å². The molecule has 2 atom stereocenters. The minimum atomic E-state index is -2.57. The van der Waals surface area contributed by atoms with Crippen LogP contribution in [0.15, 0.2) is 36.4 Å². The Balaban J connectivity index is 2.32. The van der Waals surface area contributed by atoms with Gasteiger partial charge in [-0.1, -0.05) is 0 Å². The Morgan fingerprint density at radius 2 is 0.967 bits per heavy atom. The van der Waals surface area contributed by atoms with Crippen LogP contribution >= 0.6 is 0 Å². The average Bonchev–Trinajstić information content (AvgIpc) is 2.67. The maximum atomic E-state index is 12.2. The van der Waals surface area contributed by atoms with Crippen molar-refractivity contribution in [3.8, 4) is 23.0 Å². The van der Waals surface area contributed by atoms with E-state index in [0.29, 0.717) is 0 Å². The van der Waals surface area contributed by atoms with Gasteiger partial charge in [-0.3, -0.25) is 0 Å². The molecule has 0 amide bonds. The number of carboxylic acid groups (broad SMARTS) is 2. The lowest BCUT2D eigenvalue weighted by Crippen LogP contribution is -2.45. The third-order valence-electron chi connectivity index (χ3n) is 3.63. The highest BCUT2D eigenvalue weighted by atomic mass is 16.6. The molecule has 0 saturated heterocycles. The second-order valence-electron chi connectivity index (χ2n) is 5.73. The molecule has 2 aromatic rings. The van der Waals surface area contributed by atoms with Crippen LogP contribution in [0.4, 0.5) is 0 Å². The van der Waals surface area contributed by atoms with E-state index in [1.807, 2.05) is 0 Å². The number of carboxylic acids is 2. The summed E-state index contributed by atoms with van der Waals surface area (Å²) in [5.74, 6) is -9.44. The Bertz CT molecular complexity index is 931. The fourth-order valence-corrected chi connectivity index (χ4v) is 2.22. The lowest BCUT2D eigenvalue weighted by Gasteiger charge is -2.21. The second-order valence-corrected chi connectivity index (χ2v) is 5.73. The number of rotatable bonds is 7. The van der Waals surface area contributed by atoms with Crippen LogP contribution in [0, 0.1) is 0 Å². The van der Waals surface area contributed by atoms with Gasteiger partial charge in [-0.25, -0.2) is 19.2 Å². The Morgan fingerprint density at radius 1 is 0.633 bits per heavy atom. The molecule has 30 heavy (non-hydrogen) atoms. The fourth-order valence-electron chi connectivity index (χ4n) is 2.22. The number of phenols is 4. The number of carbonyl (C=O) groups is 4. The molecule has 0 aliphatic rings. The molecule has 6 N–H and O–H groups in total. The van der Waals surface area contributed by atoms with Gasteiger partial charge in [-0.2, -0.15) is 0 Å². The zero-order valence-corrected chi connectivity index (χ0v) is 14.8. The van der Waals surface area contributed by atoms with E-state index < -0.39 is 70.2 Å². The monoisotopic (exact) mass is 422 g/mol. The summed E-state index contributed by atoms with van der Waals surface area (Å²) in [6.07, 6.45) is -5.14. The summed E-state index contributed by atoms with van der Waals surface area (Å²) >= 11 is 0. The number of phenolic OH excluding ortho intramolecular Hbond substituents is 4. The Morgan fingerprint density at radius 3 is 1.27 bits per heavy atom. The fraction of sp³-hybridized carbons (Fsp3) is 0.111. The van der Waals surface area contributed by atoms with Gasteiger partial charge in [-0.15, -0.1) is 0 Å². The molecule has 12 nitrogen and oxygen atoms in total. The number of aliphatic carboxylic acids is 2. The van der Waals surface area contributed by atoms with Gasteiger partial charge in [0.25, 0.3) is 0 Å². The van der Waals surface area contributed by atoms with Crippen LogP contribution < -0.4 is 0 Å². The van der Waals surface area contributed by atoms with Crippen LogP contribution in [0.25, 0.3) is 0 Å². The van der Waals surface area contributed by atoms with Gasteiger partial charge in [-0.05, 0) is 36.4 Å². The van der Waals surface area contributed by atoms with Crippen LogP contribution in [0.3, 0.4) is 0 Å². The summed E-state index contributed by atoms with van der Waals surface area (Å²) in [5, 5.41) is 56.6. The first-order valence-electron chi connectivity index (χ1n) is 7.92. The van der Waals surface area contributed by atoms with Gasteiger partial charge in [0.15, 0.2) is 0 Å². The van der Waals surface area contributed by atoms with Crippen molar-refractivity contribution in [2.45, 2.75) is 12.2 Å². The molecule has 0 saturated carbocycles. The maximum Gasteiger partial charge on any atom is 0.349 e. The molecule has 0 aliphatic heterocycles. The summed E-state index contributed by atoms with van der Waals surface area (Å²) in [4.78, 5) is 47.2. The Hall–Kier alpha value is -4.48. The van der Waals surface area contributed by atoms with Gasteiger partial charge in [0.1, 0.15) is 34.1 Å². The lowest BCUT2D eigenvalue weighted by molar-refractivity contribution is -0.166. The standard InChI is InChI=1S/C18H14O12/c19-7-1-3-11(21)9(5-7)17(27)29-13(15(23)24)14(16(25)26)30-18(28)10-6-8(20)2-4-12(10)22/h1-6,13-14,19-22H,(H,23,24)(H,25,26). The van der Waals surface area contributed by atoms with Crippen molar-refractivity contribution in [1.29, 1.82) is 0 Å². The van der Waals surface area contributed by atoms with Crippen molar-refractivity contribution in [2.75, 3.05) is 0 Å². The summed E-state index contributed by atoms with van der Waals surface area (Å²) < 4.78 is 9.14. The van der Waals surface area contributed by atoms with E-state index in [1.165, 1.54) is 0 Å². The van der Waals surface area contributed by atoms with Crippen molar-refractivity contribution < 1.29 is 59.3 Å². The number of benzene rings is 2. The molecule has 0 fully saturated rings. The molecule has 2 unspecified atom stereocenters. The van der Waals surface area contributed by atoms with Crippen molar-refractivity contribution in [3.63, 3.8) is 0 Å². The van der Waals surface area contributed by atoms with Gasteiger partial charge in [0.05, 0.1) is 0 Å². The molecule has 0 aromatic heterocycles. The summed E-state index contributed by atoms with van der Waals surface area (Å²) in [6.45, 7) is 0. The van der Waals surface area contributed by atoms with Crippen LogP contribution in [0.2, 0.25) is 0 Å². The first-order valence-corrected chi connectivity index (χ1v) is 7.92. The molecule has 2 aromatic carbocycles. The van der Waals surface area contributed by atoms with E-state index in [-0.39, 0.29) is 0 Å². The number of aromatic hydroxyl groups is 4.